The Morgan fingerprint density at radius 1 is 1.26 bits per heavy atom. The summed E-state index contributed by atoms with van der Waals surface area (Å²) in [5, 5.41) is 9.93. The van der Waals surface area contributed by atoms with Crippen LogP contribution >= 0.6 is 0 Å². The van der Waals surface area contributed by atoms with Crippen molar-refractivity contribution in [3.63, 3.8) is 0 Å². The maximum Gasteiger partial charge on any atom is 0.0951 e. The van der Waals surface area contributed by atoms with Gasteiger partial charge in [0, 0.05) is 43.9 Å². The van der Waals surface area contributed by atoms with Gasteiger partial charge in [0.1, 0.15) is 0 Å². The van der Waals surface area contributed by atoms with E-state index in [2.05, 4.69) is 14.5 Å². The zero-order valence-electron chi connectivity index (χ0n) is 14.0. The molecule has 1 aliphatic carbocycles. The monoisotopic (exact) mass is 319 g/mol. The lowest BCUT2D eigenvalue weighted by Crippen LogP contribution is -2.42. The van der Waals surface area contributed by atoms with E-state index in [1.54, 1.807) is 0 Å². The summed E-state index contributed by atoms with van der Waals surface area (Å²) >= 11 is 0. The van der Waals surface area contributed by atoms with E-state index in [0.29, 0.717) is 18.6 Å². The van der Waals surface area contributed by atoms with Gasteiger partial charge in [0.15, 0.2) is 0 Å². The van der Waals surface area contributed by atoms with Crippen molar-refractivity contribution in [3.8, 4) is 0 Å². The third kappa shape index (κ3) is 2.94. The first-order chi connectivity index (χ1) is 11.3. The fourth-order valence-electron chi connectivity index (χ4n) is 4.92. The molecule has 2 atom stereocenters. The normalized spacial score (nSPS) is 33.0. The molecule has 1 N–H and O–H groups in total. The van der Waals surface area contributed by atoms with Gasteiger partial charge in [-0.25, -0.2) is 4.98 Å². The number of aromatic nitrogens is 2. The van der Waals surface area contributed by atoms with Gasteiger partial charge in [-0.05, 0) is 25.2 Å². The molecule has 0 amide bonds. The second-order valence-corrected chi connectivity index (χ2v) is 7.81. The Morgan fingerprint density at radius 3 is 2.91 bits per heavy atom. The van der Waals surface area contributed by atoms with Crippen molar-refractivity contribution >= 4 is 0 Å². The van der Waals surface area contributed by atoms with E-state index in [-0.39, 0.29) is 12.0 Å². The predicted octanol–water partition coefficient (Wildman–Crippen LogP) is 2.22. The van der Waals surface area contributed by atoms with Crippen LogP contribution in [-0.4, -0.2) is 52.5 Å². The number of fused-ring (bicyclic) bond motifs is 1. The van der Waals surface area contributed by atoms with E-state index in [1.165, 1.54) is 37.8 Å². The molecule has 0 unspecified atom stereocenters. The molecule has 0 aromatic carbocycles. The molecular weight excluding hydrogens is 290 g/mol. The molecule has 3 aliphatic rings. The first-order valence-corrected chi connectivity index (χ1v) is 9.22. The van der Waals surface area contributed by atoms with Crippen molar-refractivity contribution in [2.45, 2.75) is 51.1 Å². The molecule has 23 heavy (non-hydrogen) atoms. The molecule has 128 valence electrons. The summed E-state index contributed by atoms with van der Waals surface area (Å²) in [5.74, 6) is 0.576. The minimum absolute atomic E-state index is 0.0338. The highest BCUT2D eigenvalue weighted by Gasteiger charge is 2.48. The summed E-state index contributed by atoms with van der Waals surface area (Å²) in [6.45, 7) is 4.79. The minimum Gasteiger partial charge on any atom is -0.396 e. The molecule has 0 radical (unpaired) electrons. The quantitative estimate of drug-likeness (QED) is 0.924. The fraction of sp³-hybridized carbons (Fsp3) is 0.833. The third-order valence-corrected chi connectivity index (χ3v) is 6.30. The molecule has 3 heterocycles. The van der Waals surface area contributed by atoms with Crippen molar-refractivity contribution in [3.05, 3.63) is 18.2 Å². The lowest BCUT2D eigenvalue weighted by Gasteiger charge is -2.36. The summed E-state index contributed by atoms with van der Waals surface area (Å²) in [6, 6.07) is 0.640. The molecule has 1 saturated carbocycles. The highest BCUT2D eigenvalue weighted by atomic mass is 16.5. The second kappa shape index (κ2) is 6.54. The Kier molecular flexibility index (Phi) is 4.43. The summed E-state index contributed by atoms with van der Waals surface area (Å²) in [5.41, 5.74) is 1.30. The standard InChI is InChI=1S/C18H29N3O2/c22-12-18-11-20(9-15(18)6-7-23-13-18)10-17-8-19-14-21(17)16-4-2-1-3-5-16/h8,14-16,22H,1-7,9-13H2/t15-,18+/m0/s1. The highest BCUT2D eigenvalue weighted by molar-refractivity contribution is 5.05. The number of likely N-dealkylation sites (tertiary alicyclic amines) is 1. The summed E-state index contributed by atoms with van der Waals surface area (Å²) in [4.78, 5) is 6.94. The number of hydrogen-bond donors (Lipinski definition) is 1. The van der Waals surface area contributed by atoms with Gasteiger partial charge >= 0.3 is 0 Å². The first-order valence-electron chi connectivity index (χ1n) is 9.22. The van der Waals surface area contributed by atoms with Crippen LogP contribution in [0.15, 0.2) is 12.5 Å². The van der Waals surface area contributed by atoms with Gasteiger partial charge in [-0.15, -0.1) is 0 Å². The molecule has 1 aromatic heterocycles. The third-order valence-electron chi connectivity index (χ3n) is 6.30. The lowest BCUT2D eigenvalue weighted by atomic mass is 9.76. The summed E-state index contributed by atoms with van der Waals surface area (Å²) in [7, 11) is 0. The number of ether oxygens (including phenoxy) is 1. The van der Waals surface area contributed by atoms with Crippen LogP contribution in [0.5, 0.6) is 0 Å². The SMILES string of the molecule is OC[C@]12COCC[C@H]1CN(Cc1cncn1C1CCCCC1)C2. The molecule has 1 aromatic rings. The van der Waals surface area contributed by atoms with Gasteiger partial charge in [-0.2, -0.15) is 0 Å². The van der Waals surface area contributed by atoms with Crippen LogP contribution in [0, 0.1) is 11.3 Å². The smallest absolute Gasteiger partial charge is 0.0951 e. The minimum atomic E-state index is -0.0338. The highest BCUT2D eigenvalue weighted by Crippen LogP contribution is 2.41. The van der Waals surface area contributed by atoms with Crippen LogP contribution in [0.2, 0.25) is 0 Å². The molecule has 2 aliphatic heterocycles. The van der Waals surface area contributed by atoms with Gasteiger partial charge < -0.3 is 14.4 Å². The number of imidazole rings is 1. The van der Waals surface area contributed by atoms with Gasteiger partial charge in [-0.1, -0.05) is 19.3 Å². The summed E-state index contributed by atoms with van der Waals surface area (Å²) in [6.07, 6.45) is 11.8. The number of hydrogen-bond acceptors (Lipinski definition) is 4. The van der Waals surface area contributed by atoms with E-state index in [1.807, 2.05) is 12.5 Å². The second-order valence-electron chi connectivity index (χ2n) is 7.81. The maximum atomic E-state index is 9.93. The van der Waals surface area contributed by atoms with Crippen molar-refractivity contribution in [2.24, 2.45) is 11.3 Å². The molecule has 0 spiro atoms. The average molecular weight is 319 g/mol. The van der Waals surface area contributed by atoms with Crippen LogP contribution < -0.4 is 0 Å². The van der Waals surface area contributed by atoms with E-state index in [4.69, 9.17) is 4.74 Å². The Bertz CT molecular complexity index is 526. The molecule has 5 heteroatoms. The Labute approximate surface area is 138 Å². The fourth-order valence-corrected chi connectivity index (χ4v) is 4.92. The van der Waals surface area contributed by atoms with Crippen molar-refractivity contribution in [1.29, 1.82) is 0 Å². The largest absolute Gasteiger partial charge is 0.396 e. The molecule has 2 saturated heterocycles. The molecular formula is C18H29N3O2. The Morgan fingerprint density at radius 2 is 2.13 bits per heavy atom. The van der Waals surface area contributed by atoms with Crippen molar-refractivity contribution in [1.82, 2.24) is 14.5 Å². The number of aliphatic hydroxyl groups excluding tert-OH is 1. The number of aliphatic hydroxyl groups is 1. The molecule has 0 bridgehead atoms. The van der Waals surface area contributed by atoms with Crippen molar-refractivity contribution < 1.29 is 9.84 Å². The Balaban J connectivity index is 1.46. The number of rotatable bonds is 4. The number of nitrogens with zero attached hydrogens (tertiary/aromatic N) is 3. The predicted molar refractivity (Wildman–Crippen MR) is 88.1 cm³/mol. The van der Waals surface area contributed by atoms with Gasteiger partial charge in [-0.3, -0.25) is 4.90 Å². The van der Waals surface area contributed by atoms with E-state index >= 15 is 0 Å². The van der Waals surface area contributed by atoms with Crippen LogP contribution in [0.3, 0.4) is 0 Å². The zero-order valence-corrected chi connectivity index (χ0v) is 14.0. The maximum absolute atomic E-state index is 9.93. The van der Waals surface area contributed by atoms with E-state index < -0.39 is 0 Å². The van der Waals surface area contributed by atoms with Crippen molar-refractivity contribution in [2.75, 3.05) is 32.9 Å². The molecule has 4 rings (SSSR count). The van der Waals surface area contributed by atoms with E-state index in [0.717, 1.165) is 32.7 Å². The topological polar surface area (TPSA) is 50.5 Å². The van der Waals surface area contributed by atoms with Gasteiger partial charge in [0.25, 0.3) is 0 Å². The van der Waals surface area contributed by atoms with Crippen LogP contribution in [-0.2, 0) is 11.3 Å². The van der Waals surface area contributed by atoms with Gasteiger partial charge in [0.2, 0.25) is 0 Å². The average Bonchev–Trinajstić information content (AvgIpc) is 3.20. The van der Waals surface area contributed by atoms with Gasteiger partial charge in [0.05, 0.1) is 25.2 Å². The summed E-state index contributed by atoms with van der Waals surface area (Å²) < 4.78 is 8.10. The van der Waals surface area contributed by atoms with Crippen LogP contribution in [0.1, 0.15) is 50.3 Å². The van der Waals surface area contributed by atoms with E-state index in [9.17, 15) is 5.11 Å². The molecule has 3 fully saturated rings. The Hall–Kier alpha value is -0.910. The van der Waals surface area contributed by atoms with Crippen LogP contribution in [0.4, 0.5) is 0 Å². The van der Waals surface area contributed by atoms with Crippen LogP contribution in [0.25, 0.3) is 0 Å². The molecule has 5 nitrogen and oxygen atoms in total. The zero-order chi connectivity index (χ0) is 15.7. The lowest BCUT2D eigenvalue weighted by molar-refractivity contribution is -0.0561. The first kappa shape index (κ1) is 15.6.